The highest BCUT2D eigenvalue weighted by Crippen LogP contribution is 2.19. The highest BCUT2D eigenvalue weighted by molar-refractivity contribution is 7.99. The first-order valence-corrected chi connectivity index (χ1v) is 7.81. The van der Waals surface area contributed by atoms with Crippen molar-refractivity contribution in [2.24, 2.45) is 0 Å². The first-order valence-electron chi connectivity index (χ1n) is 6.82. The van der Waals surface area contributed by atoms with Gasteiger partial charge in [0.05, 0.1) is 22.3 Å². The van der Waals surface area contributed by atoms with Crippen molar-refractivity contribution < 1.29 is 14.7 Å². The molecule has 0 aliphatic heterocycles. The van der Waals surface area contributed by atoms with Gasteiger partial charge in [0.15, 0.2) is 5.16 Å². The third-order valence-corrected chi connectivity index (χ3v) is 4.00. The number of hydrogen-bond acceptors (Lipinski definition) is 4. The number of amides is 1. The number of anilines is 1. The van der Waals surface area contributed by atoms with Gasteiger partial charge in [0.1, 0.15) is 0 Å². The van der Waals surface area contributed by atoms with Gasteiger partial charge in [-0.2, -0.15) is 0 Å². The number of aromatic amines is 1. The summed E-state index contributed by atoms with van der Waals surface area (Å²) in [5, 5.41) is 12.2. The monoisotopic (exact) mass is 327 g/mol. The molecule has 1 heterocycles. The fourth-order valence-corrected chi connectivity index (χ4v) is 2.71. The van der Waals surface area contributed by atoms with E-state index >= 15 is 0 Å². The lowest BCUT2D eigenvalue weighted by atomic mass is 10.2. The van der Waals surface area contributed by atoms with Gasteiger partial charge in [0.25, 0.3) is 0 Å². The van der Waals surface area contributed by atoms with Crippen molar-refractivity contribution in [3.05, 3.63) is 54.1 Å². The molecule has 0 saturated heterocycles. The summed E-state index contributed by atoms with van der Waals surface area (Å²) in [4.78, 5) is 30.2. The average molecular weight is 327 g/mol. The molecule has 0 bridgehead atoms. The van der Waals surface area contributed by atoms with Crippen LogP contribution in [0.15, 0.2) is 53.7 Å². The number of hydrogen-bond donors (Lipinski definition) is 3. The summed E-state index contributed by atoms with van der Waals surface area (Å²) >= 11 is 1.31. The Morgan fingerprint density at radius 1 is 1.13 bits per heavy atom. The van der Waals surface area contributed by atoms with Crippen LogP contribution in [0.4, 0.5) is 5.69 Å². The molecule has 3 aromatic rings. The summed E-state index contributed by atoms with van der Waals surface area (Å²) < 4.78 is 0. The number of H-pyrrole nitrogens is 1. The quantitative estimate of drug-likeness (QED) is 0.626. The predicted octanol–water partition coefficient (Wildman–Crippen LogP) is 2.99. The van der Waals surface area contributed by atoms with Gasteiger partial charge in [0.2, 0.25) is 5.91 Å². The van der Waals surface area contributed by atoms with Crippen molar-refractivity contribution in [3.8, 4) is 0 Å². The number of carboxylic acid groups (broad SMARTS) is 1. The van der Waals surface area contributed by atoms with E-state index in [2.05, 4.69) is 15.3 Å². The average Bonchev–Trinajstić information content (AvgIpc) is 2.96. The van der Waals surface area contributed by atoms with Crippen LogP contribution in [0.2, 0.25) is 0 Å². The van der Waals surface area contributed by atoms with Gasteiger partial charge in [-0.3, -0.25) is 4.79 Å². The fraction of sp³-hybridized carbons (Fsp3) is 0.0625. The van der Waals surface area contributed by atoms with Crippen LogP contribution in [0.1, 0.15) is 10.4 Å². The molecule has 0 fully saturated rings. The number of carbonyl (C=O) groups excluding carboxylic acids is 1. The van der Waals surface area contributed by atoms with Crippen LogP contribution < -0.4 is 5.32 Å². The van der Waals surface area contributed by atoms with E-state index in [-0.39, 0.29) is 17.2 Å². The van der Waals surface area contributed by atoms with Crippen molar-refractivity contribution in [3.63, 3.8) is 0 Å². The zero-order valence-electron chi connectivity index (χ0n) is 11.9. The van der Waals surface area contributed by atoms with Gasteiger partial charge in [-0.1, -0.05) is 23.9 Å². The number of aromatic nitrogens is 2. The minimum atomic E-state index is -0.997. The normalized spacial score (nSPS) is 10.6. The van der Waals surface area contributed by atoms with E-state index < -0.39 is 5.97 Å². The molecule has 0 radical (unpaired) electrons. The summed E-state index contributed by atoms with van der Waals surface area (Å²) in [6.45, 7) is 0. The van der Waals surface area contributed by atoms with Gasteiger partial charge in [-0.15, -0.1) is 0 Å². The van der Waals surface area contributed by atoms with Gasteiger partial charge in [0, 0.05) is 5.69 Å². The van der Waals surface area contributed by atoms with E-state index in [1.54, 1.807) is 12.1 Å². The number of carboxylic acids is 1. The number of aromatic carboxylic acids is 1. The van der Waals surface area contributed by atoms with Crippen LogP contribution in [0.3, 0.4) is 0 Å². The molecule has 23 heavy (non-hydrogen) atoms. The highest BCUT2D eigenvalue weighted by Gasteiger charge is 2.08. The number of nitrogens with zero attached hydrogens (tertiary/aromatic N) is 1. The van der Waals surface area contributed by atoms with Crippen LogP contribution in [0.25, 0.3) is 11.0 Å². The van der Waals surface area contributed by atoms with E-state index in [0.29, 0.717) is 10.8 Å². The highest BCUT2D eigenvalue weighted by atomic mass is 32.2. The fourth-order valence-electron chi connectivity index (χ4n) is 2.02. The van der Waals surface area contributed by atoms with Gasteiger partial charge in [-0.25, -0.2) is 9.78 Å². The lowest BCUT2D eigenvalue weighted by molar-refractivity contribution is -0.113. The van der Waals surface area contributed by atoms with Crippen molar-refractivity contribution in [2.45, 2.75) is 5.16 Å². The number of benzene rings is 2. The summed E-state index contributed by atoms with van der Waals surface area (Å²) in [5.41, 5.74) is 2.53. The summed E-state index contributed by atoms with van der Waals surface area (Å²) in [6, 6.07) is 13.7. The van der Waals surface area contributed by atoms with Crippen LogP contribution in [0, 0.1) is 0 Å². The minimum Gasteiger partial charge on any atom is -0.478 e. The molecule has 0 saturated carbocycles. The predicted molar refractivity (Wildman–Crippen MR) is 88.8 cm³/mol. The number of rotatable bonds is 5. The molecular weight excluding hydrogens is 314 g/mol. The van der Waals surface area contributed by atoms with Crippen molar-refractivity contribution in [1.82, 2.24) is 9.97 Å². The molecule has 0 aliphatic carbocycles. The lowest BCUT2D eigenvalue weighted by Crippen LogP contribution is -2.14. The Kier molecular flexibility index (Phi) is 4.29. The Labute approximate surface area is 135 Å². The van der Waals surface area contributed by atoms with Crippen molar-refractivity contribution >= 4 is 40.4 Å². The largest absolute Gasteiger partial charge is 0.478 e. The molecule has 116 valence electrons. The van der Waals surface area contributed by atoms with Crippen LogP contribution >= 0.6 is 11.8 Å². The molecule has 0 atom stereocenters. The standard InChI is InChI=1S/C16H13N3O3S/c20-14(17-11-7-5-10(6-8-11)15(21)22)9-23-16-18-12-3-1-2-4-13(12)19-16/h1-8H,9H2,(H,17,20)(H,18,19)(H,21,22). The smallest absolute Gasteiger partial charge is 0.335 e. The second-order valence-electron chi connectivity index (χ2n) is 4.78. The van der Waals surface area contributed by atoms with Crippen LogP contribution in [-0.4, -0.2) is 32.7 Å². The number of imidazole rings is 1. The summed E-state index contributed by atoms with van der Waals surface area (Å²) in [6.07, 6.45) is 0. The molecule has 3 N–H and O–H groups in total. The third kappa shape index (κ3) is 3.70. The van der Waals surface area contributed by atoms with Gasteiger partial charge >= 0.3 is 5.97 Å². The van der Waals surface area contributed by atoms with E-state index in [9.17, 15) is 9.59 Å². The van der Waals surface area contributed by atoms with Crippen LogP contribution in [-0.2, 0) is 4.79 Å². The maximum atomic E-state index is 11.9. The number of thioether (sulfide) groups is 1. The Bertz CT molecular complexity index is 825. The Hall–Kier alpha value is -2.80. The first kappa shape index (κ1) is 15.1. The SMILES string of the molecule is O=C(CSc1nc2ccccc2[nH]1)Nc1ccc(C(=O)O)cc1. The number of carbonyl (C=O) groups is 2. The third-order valence-electron chi connectivity index (χ3n) is 3.12. The second kappa shape index (κ2) is 6.53. The molecule has 1 amide bonds. The summed E-state index contributed by atoms with van der Waals surface area (Å²) in [7, 11) is 0. The molecule has 1 aromatic heterocycles. The molecule has 7 heteroatoms. The summed E-state index contributed by atoms with van der Waals surface area (Å²) in [5.74, 6) is -0.970. The molecule has 0 spiro atoms. The first-order chi connectivity index (χ1) is 11.1. The zero-order valence-corrected chi connectivity index (χ0v) is 12.8. The number of para-hydroxylation sites is 2. The molecule has 0 aliphatic rings. The topological polar surface area (TPSA) is 95.1 Å². The Morgan fingerprint density at radius 2 is 1.87 bits per heavy atom. The van der Waals surface area contributed by atoms with E-state index in [0.717, 1.165) is 11.0 Å². The van der Waals surface area contributed by atoms with Crippen LogP contribution in [0.5, 0.6) is 0 Å². The molecule has 3 rings (SSSR count). The van der Waals surface area contributed by atoms with Gasteiger partial charge in [-0.05, 0) is 36.4 Å². The van der Waals surface area contributed by atoms with Crippen molar-refractivity contribution in [2.75, 3.05) is 11.1 Å². The maximum Gasteiger partial charge on any atom is 0.335 e. The van der Waals surface area contributed by atoms with Crippen molar-refractivity contribution in [1.29, 1.82) is 0 Å². The van der Waals surface area contributed by atoms with E-state index in [1.165, 1.54) is 23.9 Å². The minimum absolute atomic E-state index is 0.180. The van der Waals surface area contributed by atoms with E-state index in [4.69, 9.17) is 5.11 Å². The molecular formula is C16H13N3O3S. The maximum absolute atomic E-state index is 11.9. The Morgan fingerprint density at radius 3 is 2.57 bits per heavy atom. The zero-order chi connectivity index (χ0) is 16.2. The lowest BCUT2D eigenvalue weighted by Gasteiger charge is -2.04. The van der Waals surface area contributed by atoms with E-state index in [1.807, 2.05) is 24.3 Å². The second-order valence-corrected chi connectivity index (χ2v) is 5.74. The molecule has 2 aromatic carbocycles. The van der Waals surface area contributed by atoms with Gasteiger partial charge < -0.3 is 15.4 Å². The number of fused-ring (bicyclic) bond motifs is 1. The Balaban J connectivity index is 1.57. The molecule has 0 unspecified atom stereocenters. The number of nitrogens with one attached hydrogen (secondary N) is 2. The molecule has 6 nitrogen and oxygen atoms in total.